The van der Waals surface area contributed by atoms with Crippen molar-refractivity contribution in [1.29, 1.82) is 0 Å². The SMILES string of the molecule is C[C@H]1Cc2ccccc2N1C(=O)[C@H]1CC(=O)N(c2ccc(Cl)cc2)C1. The van der Waals surface area contributed by atoms with Gasteiger partial charge in [0.1, 0.15) is 0 Å². The number of anilines is 2. The monoisotopic (exact) mass is 354 g/mol. The summed E-state index contributed by atoms with van der Waals surface area (Å²) >= 11 is 5.92. The fraction of sp³-hybridized carbons (Fsp3) is 0.300. The highest BCUT2D eigenvalue weighted by Gasteiger charge is 2.40. The fourth-order valence-electron chi connectivity index (χ4n) is 3.84. The second kappa shape index (κ2) is 6.19. The van der Waals surface area contributed by atoms with Crippen LogP contribution in [0.2, 0.25) is 5.02 Å². The third-order valence-corrected chi connectivity index (χ3v) is 5.31. The van der Waals surface area contributed by atoms with E-state index in [2.05, 4.69) is 13.0 Å². The molecule has 1 saturated heterocycles. The lowest BCUT2D eigenvalue weighted by Gasteiger charge is -2.26. The van der Waals surface area contributed by atoms with E-state index >= 15 is 0 Å². The van der Waals surface area contributed by atoms with E-state index in [-0.39, 0.29) is 30.2 Å². The fourth-order valence-corrected chi connectivity index (χ4v) is 3.97. The van der Waals surface area contributed by atoms with Crippen molar-refractivity contribution >= 4 is 34.8 Å². The van der Waals surface area contributed by atoms with Crippen LogP contribution in [0.15, 0.2) is 48.5 Å². The largest absolute Gasteiger partial charge is 0.312 e. The predicted molar refractivity (Wildman–Crippen MR) is 99.0 cm³/mol. The third kappa shape index (κ3) is 2.81. The van der Waals surface area contributed by atoms with Gasteiger partial charge in [0.15, 0.2) is 0 Å². The van der Waals surface area contributed by atoms with E-state index in [4.69, 9.17) is 11.6 Å². The summed E-state index contributed by atoms with van der Waals surface area (Å²) < 4.78 is 0. The maximum Gasteiger partial charge on any atom is 0.232 e. The minimum Gasteiger partial charge on any atom is -0.312 e. The molecule has 1 fully saturated rings. The van der Waals surface area contributed by atoms with Crippen molar-refractivity contribution in [2.45, 2.75) is 25.8 Å². The van der Waals surface area contributed by atoms with Gasteiger partial charge in [-0.1, -0.05) is 29.8 Å². The lowest BCUT2D eigenvalue weighted by Crippen LogP contribution is -2.41. The summed E-state index contributed by atoms with van der Waals surface area (Å²) in [5.41, 5.74) is 2.97. The molecule has 2 heterocycles. The Morgan fingerprint density at radius 1 is 1.08 bits per heavy atom. The summed E-state index contributed by atoms with van der Waals surface area (Å²) in [5, 5.41) is 0.630. The molecule has 4 nitrogen and oxygen atoms in total. The first-order valence-corrected chi connectivity index (χ1v) is 8.89. The highest BCUT2D eigenvalue weighted by molar-refractivity contribution is 6.30. The molecule has 2 aromatic carbocycles. The highest BCUT2D eigenvalue weighted by Crippen LogP contribution is 2.35. The van der Waals surface area contributed by atoms with Crippen LogP contribution in [0.4, 0.5) is 11.4 Å². The molecule has 0 aliphatic carbocycles. The van der Waals surface area contributed by atoms with E-state index in [9.17, 15) is 9.59 Å². The van der Waals surface area contributed by atoms with Gasteiger partial charge in [0.05, 0.1) is 5.92 Å². The first-order chi connectivity index (χ1) is 12.0. The molecule has 4 rings (SSSR count). The molecule has 0 bridgehead atoms. The molecule has 0 saturated carbocycles. The Kier molecular flexibility index (Phi) is 4.00. The molecule has 0 radical (unpaired) electrons. The Labute approximate surface area is 152 Å². The summed E-state index contributed by atoms with van der Waals surface area (Å²) in [7, 11) is 0. The topological polar surface area (TPSA) is 40.6 Å². The molecule has 2 atom stereocenters. The molecule has 2 aliphatic heterocycles. The summed E-state index contributed by atoms with van der Waals surface area (Å²) in [4.78, 5) is 29.1. The van der Waals surface area contributed by atoms with E-state index in [0.29, 0.717) is 11.6 Å². The highest BCUT2D eigenvalue weighted by atomic mass is 35.5. The molecular weight excluding hydrogens is 336 g/mol. The summed E-state index contributed by atoms with van der Waals surface area (Å²) in [5.74, 6) is -0.278. The number of benzene rings is 2. The van der Waals surface area contributed by atoms with E-state index in [1.807, 2.05) is 35.2 Å². The minimum absolute atomic E-state index is 0.0131. The quantitative estimate of drug-likeness (QED) is 0.825. The number of amides is 2. The van der Waals surface area contributed by atoms with Crippen molar-refractivity contribution in [3.8, 4) is 0 Å². The molecule has 0 aromatic heterocycles. The number of hydrogen-bond donors (Lipinski definition) is 0. The molecular formula is C20H19ClN2O2. The molecule has 2 amide bonds. The van der Waals surface area contributed by atoms with Gasteiger partial charge in [-0.05, 0) is 49.2 Å². The Bertz CT molecular complexity index is 834. The van der Waals surface area contributed by atoms with Crippen LogP contribution in [0.3, 0.4) is 0 Å². The van der Waals surface area contributed by atoms with Crippen molar-refractivity contribution in [2.24, 2.45) is 5.92 Å². The molecule has 2 aromatic rings. The first-order valence-electron chi connectivity index (χ1n) is 8.51. The number of halogens is 1. The molecule has 5 heteroatoms. The molecule has 128 valence electrons. The Hall–Kier alpha value is -2.33. The molecule has 0 unspecified atom stereocenters. The van der Waals surface area contributed by atoms with E-state index in [1.54, 1.807) is 17.0 Å². The summed E-state index contributed by atoms with van der Waals surface area (Å²) in [6.45, 7) is 2.48. The van der Waals surface area contributed by atoms with Crippen molar-refractivity contribution in [1.82, 2.24) is 0 Å². The average molecular weight is 355 g/mol. The summed E-state index contributed by atoms with van der Waals surface area (Å²) in [6, 6.07) is 15.3. The van der Waals surface area contributed by atoms with E-state index < -0.39 is 0 Å². The second-order valence-corrected chi connectivity index (χ2v) is 7.21. The van der Waals surface area contributed by atoms with Gasteiger partial charge in [0.2, 0.25) is 11.8 Å². The van der Waals surface area contributed by atoms with Crippen molar-refractivity contribution < 1.29 is 9.59 Å². The standard InChI is InChI=1S/C20H19ClN2O2/c1-13-10-14-4-2-3-5-18(14)23(13)20(25)15-11-19(24)22(12-15)17-8-6-16(21)7-9-17/h2-9,13,15H,10-12H2,1H3/t13-,15-/m0/s1. The average Bonchev–Trinajstić information content (AvgIpc) is 3.14. The van der Waals surface area contributed by atoms with Gasteiger partial charge >= 0.3 is 0 Å². The zero-order chi connectivity index (χ0) is 17.6. The summed E-state index contributed by atoms with van der Waals surface area (Å²) in [6.07, 6.45) is 1.12. The maximum absolute atomic E-state index is 13.1. The van der Waals surface area contributed by atoms with Gasteiger partial charge in [0.25, 0.3) is 0 Å². The van der Waals surface area contributed by atoms with Gasteiger partial charge < -0.3 is 9.80 Å². The van der Waals surface area contributed by atoms with Crippen LogP contribution in [-0.4, -0.2) is 24.4 Å². The minimum atomic E-state index is -0.309. The molecule has 0 spiro atoms. The Morgan fingerprint density at radius 2 is 1.80 bits per heavy atom. The lowest BCUT2D eigenvalue weighted by atomic mass is 10.1. The van der Waals surface area contributed by atoms with Crippen LogP contribution in [0.1, 0.15) is 18.9 Å². The molecule has 0 N–H and O–H groups in total. The number of carbonyl (C=O) groups is 2. The maximum atomic E-state index is 13.1. The molecule has 25 heavy (non-hydrogen) atoms. The van der Waals surface area contributed by atoms with Crippen LogP contribution < -0.4 is 9.80 Å². The van der Waals surface area contributed by atoms with Crippen molar-refractivity contribution in [2.75, 3.05) is 16.3 Å². The zero-order valence-corrected chi connectivity index (χ0v) is 14.7. The first kappa shape index (κ1) is 16.2. The number of fused-ring (bicyclic) bond motifs is 1. The number of para-hydroxylation sites is 1. The zero-order valence-electron chi connectivity index (χ0n) is 14.0. The second-order valence-electron chi connectivity index (χ2n) is 6.77. The van der Waals surface area contributed by atoms with Crippen LogP contribution in [-0.2, 0) is 16.0 Å². The van der Waals surface area contributed by atoms with E-state index in [1.165, 1.54) is 5.56 Å². The normalized spacial score (nSPS) is 22.4. The van der Waals surface area contributed by atoms with Gasteiger partial charge in [-0.25, -0.2) is 0 Å². The van der Waals surface area contributed by atoms with Crippen molar-refractivity contribution in [3.63, 3.8) is 0 Å². The smallest absolute Gasteiger partial charge is 0.232 e. The van der Waals surface area contributed by atoms with Crippen molar-refractivity contribution in [3.05, 3.63) is 59.1 Å². The van der Waals surface area contributed by atoms with Gasteiger partial charge in [-0.3, -0.25) is 9.59 Å². The number of rotatable bonds is 2. The predicted octanol–water partition coefficient (Wildman–Crippen LogP) is 3.67. The third-order valence-electron chi connectivity index (χ3n) is 5.06. The van der Waals surface area contributed by atoms with Gasteiger partial charge in [-0.15, -0.1) is 0 Å². The Balaban J connectivity index is 1.56. The van der Waals surface area contributed by atoms with E-state index in [0.717, 1.165) is 17.8 Å². The van der Waals surface area contributed by atoms with Gasteiger partial charge in [-0.2, -0.15) is 0 Å². The van der Waals surface area contributed by atoms with Crippen LogP contribution >= 0.6 is 11.6 Å². The van der Waals surface area contributed by atoms with Crippen LogP contribution in [0.25, 0.3) is 0 Å². The van der Waals surface area contributed by atoms with Gasteiger partial charge in [0, 0.05) is 35.4 Å². The lowest BCUT2D eigenvalue weighted by molar-refractivity contribution is -0.124. The number of hydrogen-bond acceptors (Lipinski definition) is 2. The number of carbonyl (C=O) groups excluding carboxylic acids is 2. The van der Waals surface area contributed by atoms with Crippen LogP contribution in [0.5, 0.6) is 0 Å². The molecule has 2 aliphatic rings. The van der Waals surface area contributed by atoms with Crippen LogP contribution in [0, 0.1) is 5.92 Å². The number of nitrogens with zero attached hydrogens (tertiary/aromatic N) is 2. The Morgan fingerprint density at radius 3 is 2.56 bits per heavy atom.